The standard InChI is InChI=1S/C13H21N3O2/c1-9(10(2)12(7-14)8-15)11-3-5-13(6-4-11)16(17)18/h3-6,9-10,12H,7-8,14-15H2,1-2H3. The molecule has 0 heterocycles. The SMILES string of the molecule is CC(c1ccc([N+](=O)[O-])cc1)C(C)C(CN)CN. The first-order chi connectivity index (χ1) is 8.51. The number of nitrogens with zero attached hydrogens (tertiary/aromatic N) is 1. The molecule has 0 fully saturated rings. The maximum Gasteiger partial charge on any atom is 0.269 e. The lowest BCUT2D eigenvalue weighted by atomic mass is 9.80. The largest absolute Gasteiger partial charge is 0.330 e. The molecule has 1 rings (SSSR count). The number of nitro benzene ring substituents is 1. The van der Waals surface area contributed by atoms with Gasteiger partial charge >= 0.3 is 0 Å². The van der Waals surface area contributed by atoms with E-state index in [9.17, 15) is 10.1 Å². The zero-order valence-corrected chi connectivity index (χ0v) is 10.9. The van der Waals surface area contributed by atoms with Crippen LogP contribution in [-0.2, 0) is 0 Å². The smallest absolute Gasteiger partial charge is 0.269 e. The van der Waals surface area contributed by atoms with E-state index in [-0.39, 0.29) is 22.4 Å². The van der Waals surface area contributed by atoms with Gasteiger partial charge in [-0.25, -0.2) is 0 Å². The van der Waals surface area contributed by atoms with Crippen molar-refractivity contribution in [2.24, 2.45) is 23.3 Å². The van der Waals surface area contributed by atoms with Crippen LogP contribution in [-0.4, -0.2) is 18.0 Å². The Bertz CT molecular complexity index is 388. The second kappa shape index (κ2) is 6.47. The summed E-state index contributed by atoms with van der Waals surface area (Å²) in [6, 6.07) is 6.70. The molecule has 0 aromatic heterocycles. The predicted molar refractivity (Wildman–Crippen MR) is 72.3 cm³/mol. The van der Waals surface area contributed by atoms with Crippen molar-refractivity contribution in [3.05, 3.63) is 39.9 Å². The molecule has 0 saturated heterocycles. The third-order valence-corrected chi connectivity index (χ3v) is 3.77. The van der Waals surface area contributed by atoms with E-state index in [0.717, 1.165) is 5.56 Å². The number of nitrogens with two attached hydrogens (primary N) is 2. The average molecular weight is 251 g/mol. The molecule has 0 aliphatic rings. The summed E-state index contributed by atoms with van der Waals surface area (Å²) in [5.41, 5.74) is 12.6. The van der Waals surface area contributed by atoms with E-state index >= 15 is 0 Å². The summed E-state index contributed by atoms with van der Waals surface area (Å²) in [6.07, 6.45) is 0. The number of hydrogen-bond donors (Lipinski definition) is 2. The van der Waals surface area contributed by atoms with E-state index in [2.05, 4.69) is 13.8 Å². The molecule has 0 amide bonds. The average Bonchev–Trinajstić information content (AvgIpc) is 2.39. The molecule has 5 nitrogen and oxygen atoms in total. The second-order valence-electron chi connectivity index (χ2n) is 4.73. The summed E-state index contributed by atoms with van der Waals surface area (Å²) in [6.45, 7) is 5.35. The summed E-state index contributed by atoms with van der Waals surface area (Å²) >= 11 is 0. The van der Waals surface area contributed by atoms with E-state index in [0.29, 0.717) is 19.0 Å². The summed E-state index contributed by atoms with van der Waals surface area (Å²) in [5.74, 6) is 0.902. The van der Waals surface area contributed by atoms with Crippen LogP contribution in [0.3, 0.4) is 0 Å². The van der Waals surface area contributed by atoms with Crippen LogP contribution >= 0.6 is 0 Å². The van der Waals surface area contributed by atoms with Gasteiger partial charge in [-0.3, -0.25) is 10.1 Å². The van der Waals surface area contributed by atoms with Crippen molar-refractivity contribution in [1.29, 1.82) is 0 Å². The van der Waals surface area contributed by atoms with Crippen molar-refractivity contribution in [3.8, 4) is 0 Å². The first-order valence-corrected chi connectivity index (χ1v) is 6.15. The van der Waals surface area contributed by atoms with Crippen molar-refractivity contribution in [1.82, 2.24) is 0 Å². The van der Waals surface area contributed by atoms with Crippen LogP contribution in [0.25, 0.3) is 0 Å². The van der Waals surface area contributed by atoms with Gasteiger partial charge in [-0.15, -0.1) is 0 Å². The van der Waals surface area contributed by atoms with Crippen LogP contribution in [0.2, 0.25) is 0 Å². The van der Waals surface area contributed by atoms with Crippen LogP contribution in [0.1, 0.15) is 25.3 Å². The van der Waals surface area contributed by atoms with Crippen LogP contribution in [0.4, 0.5) is 5.69 Å². The van der Waals surface area contributed by atoms with Crippen LogP contribution in [0.5, 0.6) is 0 Å². The lowest BCUT2D eigenvalue weighted by Crippen LogP contribution is -2.31. The van der Waals surface area contributed by atoms with Crippen molar-refractivity contribution >= 4 is 5.69 Å². The molecule has 100 valence electrons. The highest BCUT2D eigenvalue weighted by atomic mass is 16.6. The van der Waals surface area contributed by atoms with Crippen LogP contribution < -0.4 is 11.5 Å². The van der Waals surface area contributed by atoms with Gasteiger partial charge in [-0.2, -0.15) is 0 Å². The molecule has 1 aromatic carbocycles. The van der Waals surface area contributed by atoms with Crippen LogP contribution in [0, 0.1) is 22.0 Å². The maximum atomic E-state index is 10.6. The molecule has 2 unspecified atom stereocenters. The minimum atomic E-state index is -0.388. The van der Waals surface area contributed by atoms with Gasteiger partial charge in [0.2, 0.25) is 0 Å². The van der Waals surface area contributed by atoms with Gasteiger partial charge in [0.15, 0.2) is 0 Å². The molecule has 0 aliphatic carbocycles. The Morgan fingerprint density at radius 2 is 1.67 bits per heavy atom. The predicted octanol–water partition coefficient (Wildman–Crippen LogP) is 1.87. The summed E-state index contributed by atoms with van der Waals surface area (Å²) in [5, 5.41) is 10.6. The molecule has 0 spiro atoms. The lowest BCUT2D eigenvalue weighted by Gasteiger charge is -2.27. The highest BCUT2D eigenvalue weighted by molar-refractivity contribution is 5.34. The summed E-state index contributed by atoms with van der Waals surface area (Å²) in [7, 11) is 0. The topological polar surface area (TPSA) is 95.2 Å². The molecule has 18 heavy (non-hydrogen) atoms. The van der Waals surface area contributed by atoms with E-state index in [1.54, 1.807) is 12.1 Å². The molecule has 0 bridgehead atoms. The Labute approximate surface area is 107 Å². The number of benzene rings is 1. The first kappa shape index (κ1) is 14.6. The summed E-state index contributed by atoms with van der Waals surface area (Å²) in [4.78, 5) is 10.2. The van der Waals surface area contributed by atoms with Gasteiger partial charge in [-0.05, 0) is 36.4 Å². The van der Waals surface area contributed by atoms with E-state index in [1.807, 2.05) is 12.1 Å². The molecule has 0 saturated carbocycles. The highest BCUT2D eigenvalue weighted by Gasteiger charge is 2.22. The fourth-order valence-corrected chi connectivity index (χ4v) is 2.14. The maximum absolute atomic E-state index is 10.6. The van der Waals surface area contributed by atoms with Crippen molar-refractivity contribution in [2.75, 3.05) is 13.1 Å². The van der Waals surface area contributed by atoms with Gasteiger partial charge in [0.25, 0.3) is 5.69 Å². The minimum absolute atomic E-state index is 0.118. The summed E-state index contributed by atoms with van der Waals surface area (Å²) < 4.78 is 0. The molecule has 2 atom stereocenters. The third-order valence-electron chi connectivity index (χ3n) is 3.77. The van der Waals surface area contributed by atoms with Crippen molar-refractivity contribution in [3.63, 3.8) is 0 Å². The zero-order chi connectivity index (χ0) is 13.7. The fourth-order valence-electron chi connectivity index (χ4n) is 2.14. The van der Waals surface area contributed by atoms with E-state index in [4.69, 9.17) is 11.5 Å². The quantitative estimate of drug-likeness (QED) is 0.596. The number of non-ortho nitro benzene ring substituents is 1. The van der Waals surface area contributed by atoms with Gasteiger partial charge in [0, 0.05) is 12.1 Å². The van der Waals surface area contributed by atoms with Crippen molar-refractivity contribution in [2.45, 2.75) is 19.8 Å². The Morgan fingerprint density at radius 1 is 1.17 bits per heavy atom. The van der Waals surface area contributed by atoms with E-state index in [1.165, 1.54) is 0 Å². The van der Waals surface area contributed by atoms with Crippen molar-refractivity contribution < 1.29 is 4.92 Å². The Hall–Kier alpha value is -1.46. The molecule has 1 aromatic rings. The van der Waals surface area contributed by atoms with Gasteiger partial charge in [0.05, 0.1) is 4.92 Å². The molecule has 0 radical (unpaired) electrons. The Morgan fingerprint density at radius 3 is 2.06 bits per heavy atom. The fraction of sp³-hybridized carbons (Fsp3) is 0.538. The first-order valence-electron chi connectivity index (χ1n) is 6.15. The van der Waals surface area contributed by atoms with E-state index < -0.39 is 0 Å². The van der Waals surface area contributed by atoms with Gasteiger partial charge in [0.1, 0.15) is 0 Å². The Balaban J connectivity index is 2.83. The molecular formula is C13H21N3O2. The molecular weight excluding hydrogens is 230 g/mol. The third kappa shape index (κ3) is 3.27. The lowest BCUT2D eigenvalue weighted by molar-refractivity contribution is -0.384. The molecule has 0 aliphatic heterocycles. The van der Waals surface area contributed by atoms with Gasteiger partial charge < -0.3 is 11.5 Å². The molecule has 4 N–H and O–H groups in total. The molecule has 5 heteroatoms. The van der Waals surface area contributed by atoms with Gasteiger partial charge in [-0.1, -0.05) is 26.0 Å². The number of hydrogen-bond acceptors (Lipinski definition) is 4. The zero-order valence-electron chi connectivity index (χ0n) is 10.9. The monoisotopic (exact) mass is 251 g/mol. The second-order valence-corrected chi connectivity index (χ2v) is 4.73. The van der Waals surface area contributed by atoms with Crippen LogP contribution in [0.15, 0.2) is 24.3 Å². The normalized spacial score (nSPS) is 14.5. The number of rotatable bonds is 6. The Kier molecular flexibility index (Phi) is 5.25. The number of nitro groups is 1. The highest BCUT2D eigenvalue weighted by Crippen LogP contribution is 2.30. The minimum Gasteiger partial charge on any atom is -0.330 e.